The minimum absolute atomic E-state index is 0.146. The van der Waals surface area contributed by atoms with Gasteiger partial charge in [-0.2, -0.15) is 0 Å². The highest BCUT2D eigenvalue weighted by atomic mass is 14.8. The van der Waals surface area contributed by atoms with E-state index >= 15 is 0 Å². The molecule has 2 aliphatic rings. The van der Waals surface area contributed by atoms with Gasteiger partial charge < -0.3 is 0 Å². The molecule has 0 saturated heterocycles. The Kier molecular flexibility index (Phi) is 8.51. The zero-order valence-corrected chi connectivity index (χ0v) is 36.3. The lowest BCUT2D eigenvalue weighted by molar-refractivity contribution is 0.660. The lowest BCUT2D eigenvalue weighted by Crippen LogP contribution is -2.15. The van der Waals surface area contributed by atoms with Gasteiger partial charge in [0.15, 0.2) is 0 Å². The van der Waals surface area contributed by atoms with Crippen LogP contribution in [0.25, 0.3) is 101 Å². The number of rotatable bonds is 6. The van der Waals surface area contributed by atoms with Crippen molar-refractivity contribution < 1.29 is 0 Å². The van der Waals surface area contributed by atoms with Crippen molar-refractivity contribution in [3.8, 4) is 89.5 Å². The molecule has 0 N–H and O–H groups in total. The quantitative estimate of drug-likeness (QED) is 0.168. The van der Waals surface area contributed by atoms with Crippen molar-refractivity contribution in [2.45, 2.75) is 38.5 Å². The zero-order chi connectivity index (χ0) is 43.2. The standard InChI is InChI=1S/C60H44N4/c1-59(2)49-15-7-5-13-45(49)47-29-27-41(35-51(47)59)43-31-32-44(42-28-30-48-46-14-6-8-16-50(46)60(3,4)52(48)36-42)58-57(43)63-55(39-23-19-37(20-24-39)53-17-9-11-33-61-53)56(64-58)40-25-21-38(22-26-40)54-18-10-12-34-62-54/h5-36H,1-4H3. The van der Waals surface area contributed by atoms with Gasteiger partial charge in [0.25, 0.3) is 0 Å². The summed E-state index contributed by atoms with van der Waals surface area (Å²) in [5.74, 6) is 0. The average Bonchev–Trinajstić information content (AvgIpc) is 3.72. The van der Waals surface area contributed by atoms with Crippen LogP contribution in [0.4, 0.5) is 0 Å². The third kappa shape index (κ3) is 5.90. The minimum Gasteiger partial charge on any atom is -0.256 e. The van der Waals surface area contributed by atoms with E-state index in [0.717, 1.165) is 78.3 Å². The highest BCUT2D eigenvalue weighted by Crippen LogP contribution is 2.52. The maximum atomic E-state index is 5.78. The number of aromatic nitrogens is 4. The fourth-order valence-electron chi connectivity index (χ4n) is 10.4. The van der Waals surface area contributed by atoms with Crippen LogP contribution in [0.2, 0.25) is 0 Å². The SMILES string of the molecule is CC1(C)c2ccccc2-c2ccc(-c3ccc(-c4ccc5c(c4)C(C)(C)c4ccccc4-5)c4nc(-c5ccc(-c6ccccn6)cc5)c(-c5ccc(-c6ccccn6)cc5)nc34)cc21. The van der Waals surface area contributed by atoms with Crippen LogP contribution in [0.15, 0.2) is 194 Å². The molecule has 0 aliphatic heterocycles. The molecule has 3 heterocycles. The molecule has 0 unspecified atom stereocenters. The first-order chi connectivity index (χ1) is 31.2. The van der Waals surface area contributed by atoms with Gasteiger partial charge in [0.2, 0.25) is 0 Å². The Hall–Kier alpha value is -7.82. The van der Waals surface area contributed by atoms with E-state index in [-0.39, 0.29) is 10.8 Å². The van der Waals surface area contributed by atoms with Crippen LogP contribution in [0.1, 0.15) is 49.9 Å². The molecule has 0 spiro atoms. The lowest BCUT2D eigenvalue weighted by atomic mass is 9.81. The molecule has 304 valence electrons. The Morgan fingerprint density at radius 1 is 0.297 bits per heavy atom. The number of benzene rings is 7. The number of nitrogens with zero attached hydrogens (tertiary/aromatic N) is 4. The van der Waals surface area contributed by atoms with Crippen LogP contribution in [-0.2, 0) is 10.8 Å². The fraction of sp³-hybridized carbons (Fsp3) is 0.100. The topological polar surface area (TPSA) is 51.6 Å². The molecule has 64 heavy (non-hydrogen) atoms. The summed E-state index contributed by atoms with van der Waals surface area (Å²) in [6, 6.07) is 65.4. The van der Waals surface area contributed by atoms with Crippen LogP contribution in [-0.4, -0.2) is 19.9 Å². The Bertz CT molecular complexity index is 3230. The molecule has 0 amide bonds. The summed E-state index contributed by atoms with van der Waals surface area (Å²) in [7, 11) is 0. The third-order valence-corrected chi connectivity index (χ3v) is 13.8. The largest absolute Gasteiger partial charge is 0.256 e. The number of hydrogen-bond acceptors (Lipinski definition) is 4. The van der Waals surface area contributed by atoms with Crippen LogP contribution in [0.3, 0.4) is 0 Å². The summed E-state index contributed by atoms with van der Waals surface area (Å²) >= 11 is 0. The van der Waals surface area contributed by atoms with Crippen molar-refractivity contribution in [2.75, 3.05) is 0 Å². The second-order valence-electron chi connectivity index (χ2n) is 18.2. The second-order valence-corrected chi connectivity index (χ2v) is 18.2. The second kappa shape index (κ2) is 14.4. The van der Waals surface area contributed by atoms with Gasteiger partial charge in [-0.15, -0.1) is 0 Å². The summed E-state index contributed by atoms with van der Waals surface area (Å²) in [4.78, 5) is 20.8. The Balaban J connectivity index is 1.10. The molecule has 0 atom stereocenters. The molecular formula is C60H44N4. The summed E-state index contributed by atoms with van der Waals surface area (Å²) in [5, 5.41) is 0. The van der Waals surface area contributed by atoms with E-state index in [1.165, 1.54) is 44.5 Å². The first-order valence-corrected chi connectivity index (χ1v) is 22.1. The normalized spacial score (nSPS) is 13.9. The van der Waals surface area contributed by atoms with E-state index in [0.29, 0.717) is 0 Å². The number of pyridine rings is 2. The zero-order valence-electron chi connectivity index (χ0n) is 36.3. The van der Waals surface area contributed by atoms with Crippen LogP contribution < -0.4 is 0 Å². The van der Waals surface area contributed by atoms with Gasteiger partial charge in [-0.05, 0) is 92.0 Å². The summed E-state index contributed by atoms with van der Waals surface area (Å²) in [6.07, 6.45) is 3.67. The Morgan fingerprint density at radius 2 is 0.641 bits per heavy atom. The van der Waals surface area contributed by atoms with E-state index < -0.39 is 0 Å². The molecule has 0 saturated carbocycles. The van der Waals surface area contributed by atoms with Gasteiger partial charge in [0.1, 0.15) is 0 Å². The van der Waals surface area contributed by atoms with Gasteiger partial charge in [-0.1, -0.05) is 173 Å². The third-order valence-electron chi connectivity index (χ3n) is 13.8. The van der Waals surface area contributed by atoms with Gasteiger partial charge in [0, 0.05) is 56.6 Å². The fourth-order valence-corrected chi connectivity index (χ4v) is 10.4. The first kappa shape index (κ1) is 37.9. The smallest absolute Gasteiger partial charge is 0.0979 e. The molecule has 12 rings (SSSR count). The molecule has 4 heteroatoms. The predicted molar refractivity (Wildman–Crippen MR) is 263 cm³/mol. The van der Waals surface area contributed by atoms with Crippen molar-refractivity contribution in [1.82, 2.24) is 19.9 Å². The molecule has 0 radical (unpaired) electrons. The molecule has 4 nitrogen and oxygen atoms in total. The maximum absolute atomic E-state index is 5.78. The molecule has 0 fully saturated rings. The van der Waals surface area contributed by atoms with Crippen LogP contribution >= 0.6 is 0 Å². The average molecular weight is 821 g/mol. The van der Waals surface area contributed by atoms with Crippen molar-refractivity contribution in [3.63, 3.8) is 0 Å². The predicted octanol–water partition coefficient (Wildman–Crippen LogP) is 15.0. The Morgan fingerprint density at radius 3 is 1.05 bits per heavy atom. The van der Waals surface area contributed by atoms with Gasteiger partial charge in [-0.3, -0.25) is 9.97 Å². The van der Waals surface area contributed by atoms with Gasteiger partial charge in [-0.25, -0.2) is 9.97 Å². The van der Waals surface area contributed by atoms with E-state index in [1.54, 1.807) is 0 Å². The summed E-state index contributed by atoms with van der Waals surface area (Å²) < 4.78 is 0. The van der Waals surface area contributed by atoms with Crippen molar-refractivity contribution >= 4 is 11.0 Å². The van der Waals surface area contributed by atoms with E-state index in [4.69, 9.17) is 9.97 Å². The molecule has 0 bridgehead atoms. The van der Waals surface area contributed by atoms with Crippen molar-refractivity contribution in [1.29, 1.82) is 0 Å². The van der Waals surface area contributed by atoms with E-state index in [1.807, 2.05) is 48.8 Å². The summed E-state index contributed by atoms with van der Waals surface area (Å²) in [5.41, 5.74) is 23.9. The van der Waals surface area contributed by atoms with E-state index in [9.17, 15) is 0 Å². The van der Waals surface area contributed by atoms with Crippen LogP contribution in [0, 0.1) is 0 Å². The molecule has 10 aromatic rings. The minimum atomic E-state index is -0.146. The highest BCUT2D eigenvalue weighted by Gasteiger charge is 2.37. The number of fused-ring (bicyclic) bond motifs is 7. The van der Waals surface area contributed by atoms with Crippen LogP contribution in [0.5, 0.6) is 0 Å². The van der Waals surface area contributed by atoms with Crippen molar-refractivity contribution in [3.05, 3.63) is 217 Å². The van der Waals surface area contributed by atoms with Gasteiger partial charge >= 0.3 is 0 Å². The van der Waals surface area contributed by atoms with Crippen molar-refractivity contribution in [2.24, 2.45) is 0 Å². The van der Waals surface area contributed by atoms with Gasteiger partial charge in [0.05, 0.1) is 33.8 Å². The highest BCUT2D eigenvalue weighted by molar-refractivity contribution is 6.04. The number of hydrogen-bond donors (Lipinski definition) is 0. The first-order valence-electron chi connectivity index (χ1n) is 22.1. The Labute approximate surface area is 374 Å². The molecule has 7 aromatic carbocycles. The molecule has 3 aromatic heterocycles. The summed E-state index contributed by atoms with van der Waals surface area (Å²) in [6.45, 7) is 9.37. The van der Waals surface area contributed by atoms with E-state index in [2.05, 4.69) is 183 Å². The lowest BCUT2D eigenvalue weighted by Gasteiger charge is -2.23. The molecular weight excluding hydrogens is 777 g/mol. The monoisotopic (exact) mass is 820 g/mol. The molecule has 2 aliphatic carbocycles. The maximum Gasteiger partial charge on any atom is 0.0979 e.